The lowest BCUT2D eigenvalue weighted by Gasteiger charge is -2.35. The summed E-state index contributed by atoms with van der Waals surface area (Å²) in [5, 5.41) is 20.2. The molecule has 1 amide bonds. The fraction of sp³-hybridized carbons (Fsp3) is 0.391. The molecular weight excluding hydrogens is 412 g/mol. The maximum Gasteiger partial charge on any atom is 0.270 e. The van der Waals surface area contributed by atoms with Crippen molar-refractivity contribution in [2.75, 3.05) is 31.9 Å². The molecule has 0 N–H and O–H groups in total. The molecule has 2 aromatic carbocycles. The van der Waals surface area contributed by atoms with Crippen LogP contribution < -0.4 is 0 Å². The number of rotatable bonds is 7. The SMILES string of the molecule is CC(C)CSc1ccc([N+](=O)[O-])cc1C(=O)N1CCN(Cc2ccc(C#N)cc2)CC1. The third-order valence-corrected chi connectivity index (χ3v) is 6.63. The van der Waals surface area contributed by atoms with E-state index in [1.165, 1.54) is 12.1 Å². The zero-order valence-electron chi connectivity index (χ0n) is 17.8. The predicted molar refractivity (Wildman–Crippen MR) is 121 cm³/mol. The number of amides is 1. The van der Waals surface area contributed by atoms with Gasteiger partial charge < -0.3 is 4.90 Å². The summed E-state index contributed by atoms with van der Waals surface area (Å²) in [7, 11) is 0. The van der Waals surface area contributed by atoms with Gasteiger partial charge in [-0.15, -0.1) is 11.8 Å². The van der Waals surface area contributed by atoms with Crippen molar-refractivity contribution in [3.8, 4) is 6.07 Å². The van der Waals surface area contributed by atoms with E-state index in [2.05, 4.69) is 24.8 Å². The molecule has 0 aliphatic carbocycles. The van der Waals surface area contributed by atoms with E-state index >= 15 is 0 Å². The summed E-state index contributed by atoms with van der Waals surface area (Å²) >= 11 is 1.57. The Morgan fingerprint density at radius 2 is 1.84 bits per heavy atom. The van der Waals surface area contributed by atoms with Gasteiger partial charge in [-0.25, -0.2) is 0 Å². The van der Waals surface area contributed by atoms with Crippen molar-refractivity contribution in [3.63, 3.8) is 0 Å². The number of thioether (sulfide) groups is 1. The lowest BCUT2D eigenvalue weighted by molar-refractivity contribution is -0.384. The molecule has 1 fully saturated rings. The molecule has 0 radical (unpaired) electrons. The summed E-state index contributed by atoms with van der Waals surface area (Å²) in [6.07, 6.45) is 0. The molecule has 7 nitrogen and oxygen atoms in total. The highest BCUT2D eigenvalue weighted by molar-refractivity contribution is 7.99. The second-order valence-electron chi connectivity index (χ2n) is 8.02. The van der Waals surface area contributed by atoms with Gasteiger partial charge in [-0.1, -0.05) is 26.0 Å². The maximum absolute atomic E-state index is 13.2. The van der Waals surface area contributed by atoms with E-state index < -0.39 is 4.92 Å². The highest BCUT2D eigenvalue weighted by atomic mass is 32.2. The molecule has 0 atom stereocenters. The Bertz CT molecular complexity index is 977. The van der Waals surface area contributed by atoms with Crippen LogP contribution >= 0.6 is 11.8 Å². The first-order valence-corrected chi connectivity index (χ1v) is 11.3. The van der Waals surface area contributed by atoms with Gasteiger partial charge in [-0.05, 0) is 29.7 Å². The first kappa shape index (κ1) is 22.8. The van der Waals surface area contributed by atoms with Crippen LogP contribution in [-0.2, 0) is 6.54 Å². The number of piperazine rings is 1. The van der Waals surface area contributed by atoms with Crippen molar-refractivity contribution in [3.05, 3.63) is 69.3 Å². The Balaban J connectivity index is 1.67. The van der Waals surface area contributed by atoms with Crippen molar-refractivity contribution >= 4 is 23.4 Å². The quantitative estimate of drug-likeness (QED) is 0.366. The Kier molecular flexibility index (Phi) is 7.66. The first-order chi connectivity index (χ1) is 14.9. The third kappa shape index (κ3) is 6.06. The Morgan fingerprint density at radius 1 is 1.16 bits per heavy atom. The molecule has 1 saturated heterocycles. The van der Waals surface area contributed by atoms with E-state index in [-0.39, 0.29) is 11.6 Å². The minimum Gasteiger partial charge on any atom is -0.336 e. The number of nitrogens with zero attached hydrogens (tertiary/aromatic N) is 4. The fourth-order valence-electron chi connectivity index (χ4n) is 3.40. The normalized spacial score (nSPS) is 14.5. The second kappa shape index (κ2) is 10.4. The standard InChI is InChI=1S/C23H26N4O3S/c1-17(2)16-31-22-8-7-20(27(29)30)13-21(22)23(28)26-11-9-25(10-12-26)15-19-5-3-18(14-24)4-6-19/h3-8,13,17H,9-12,15-16H2,1-2H3. The van der Waals surface area contributed by atoms with Crippen molar-refractivity contribution < 1.29 is 9.72 Å². The van der Waals surface area contributed by atoms with Gasteiger partial charge in [-0.3, -0.25) is 19.8 Å². The van der Waals surface area contributed by atoms with Crippen LogP contribution in [0.25, 0.3) is 0 Å². The first-order valence-electron chi connectivity index (χ1n) is 10.3. The number of nitro benzene ring substituents is 1. The third-order valence-electron chi connectivity index (χ3n) is 5.13. The van der Waals surface area contributed by atoms with E-state index in [0.29, 0.717) is 30.1 Å². The number of carbonyl (C=O) groups excluding carboxylic acids is 1. The van der Waals surface area contributed by atoms with Gasteiger partial charge in [0, 0.05) is 55.5 Å². The molecule has 0 aromatic heterocycles. The molecule has 2 aromatic rings. The topological polar surface area (TPSA) is 90.5 Å². The smallest absolute Gasteiger partial charge is 0.270 e. The number of benzene rings is 2. The predicted octanol–water partition coefficient (Wildman–Crippen LogP) is 4.17. The van der Waals surface area contributed by atoms with E-state index in [0.717, 1.165) is 35.8 Å². The minimum atomic E-state index is -0.455. The molecule has 162 valence electrons. The summed E-state index contributed by atoms with van der Waals surface area (Å²) < 4.78 is 0. The number of non-ortho nitro benzene ring substituents is 1. The molecule has 0 unspecified atom stereocenters. The van der Waals surface area contributed by atoms with Gasteiger partial charge in [0.15, 0.2) is 0 Å². The molecule has 0 saturated carbocycles. The van der Waals surface area contributed by atoms with Crippen LogP contribution in [-0.4, -0.2) is 52.6 Å². The van der Waals surface area contributed by atoms with E-state index in [9.17, 15) is 14.9 Å². The van der Waals surface area contributed by atoms with Gasteiger partial charge >= 0.3 is 0 Å². The fourth-order valence-corrected chi connectivity index (χ4v) is 4.38. The summed E-state index contributed by atoms with van der Waals surface area (Å²) in [6, 6.07) is 14.2. The van der Waals surface area contributed by atoms with Gasteiger partial charge in [0.1, 0.15) is 0 Å². The minimum absolute atomic E-state index is 0.0586. The number of carbonyl (C=O) groups is 1. The number of hydrogen-bond acceptors (Lipinski definition) is 6. The molecule has 1 aliphatic rings. The average molecular weight is 439 g/mol. The maximum atomic E-state index is 13.2. The van der Waals surface area contributed by atoms with Crippen LogP contribution in [0.2, 0.25) is 0 Å². The Labute approximate surface area is 186 Å². The van der Waals surface area contributed by atoms with Gasteiger partial charge in [0.2, 0.25) is 0 Å². The van der Waals surface area contributed by atoms with Gasteiger partial charge in [-0.2, -0.15) is 5.26 Å². The van der Waals surface area contributed by atoms with E-state index in [1.807, 2.05) is 24.3 Å². The van der Waals surface area contributed by atoms with Crippen molar-refractivity contribution in [1.29, 1.82) is 5.26 Å². The van der Waals surface area contributed by atoms with Crippen LogP contribution in [0.4, 0.5) is 5.69 Å². The summed E-state index contributed by atoms with van der Waals surface area (Å²) in [6.45, 7) is 7.59. The largest absolute Gasteiger partial charge is 0.336 e. The molecule has 31 heavy (non-hydrogen) atoms. The highest BCUT2D eigenvalue weighted by Crippen LogP contribution is 2.29. The highest BCUT2D eigenvalue weighted by Gasteiger charge is 2.25. The van der Waals surface area contributed by atoms with Crippen LogP contribution in [0.3, 0.4) is 0 Å². The summed E-state index contributed by atoms with van der Waals surface area (Å²) in [5.41, 5.74) is 2.13. The zero-order chi connectivity index (χ0) is 22.4. The molecule has 3 rings (SSSR count). The molecule has 0 bridgehead atoms. The number of nitriles is 1. The molecular formula is C23H26N4O3S. The Hall–Kier alpha value is -2.89. The van der Waals surface area contributed by atoms with Crippen LogP contribution in [0.1, 0.15) is 35.3 Å². The average Bonchev–Trinajstić information content (AvgIpc) is 2.78. The monoisotopic (exact) mass is 438 g/mol. The molecule has 1 aliphatic heterocycles. The van der Waals surface area contributed by atoms with E-state index in [1.54, 1.807) is 22.7 Å². The summed E-state index contributed by atoms with van der Waals surface area (Å²) in [5.74, 6) is 1.15. The lowest BCUT2D eigenvalue weighted by atomic mass is 10.1. The van der Waals surface area contributed by atoms with Crippen LogP contribution in [0.5, 0.6) is 0 Å². The molecule has 0 spiro atoms. The van der Waals surface area contributed by atoms with Crippen LogP contribution in [0.15, 0.2) is 47.4 Å². The van der Waals surface area contributed by atoms with Crippen LogP contribution in [0, 0.1) is 27.4 Å². The van der Waals surface area contributed by atoms with E-state index in [4.69, 9.17) is 5.26 Å². The zero-order valence-corrected chi connectivity index (χ0v) is 18.6. The second-order valence-corrected chi connectivity index (χ2v) is 9.08. The summed E-state index contributed by atoms with van der Waals surface area (Å²) in [4.78, 5) is 28.8. The van der Waals surface area contributed by atoms with Crippen molar-refractivity contribution in [2.45, 2.75) is 25.3 Å². The van der Waals surface area contributed by atoms with Crippen molar-refractivity contribution in [2.24, 2.45) is 5.92 Å². The molecule has 8 heteroatoms. The lowest BCUT2D eigenvalue weighted by Crippen LogP contribution is -2.48. The Morgan fingerprint density at radius 3 is 2.42 bits per heavy atom. The molecule has 1 heterocycles. The number of nitro groups is 1. The van der Waals surface area contributed by atoms with Gasteiger partial charge in [0.25, 0.3) is 11.6 Å². The van der Waals surface area contributed by atoms with Crippen molar-refractivity contribution in [1.82, 2.24) is 9.80 Å². The van der Waals surface area contributed by atoms with Gasteiger partial charge in [0.05, 0.1) is 22.1 Å². The number of hydrogen-bond donors (Lipinski definition) is 0.